The molecule has 1 aromatic carbocycles. The molecule has 1 aromatic rings. The van der Waals surface area contributed by atoms with E-state index < -0.39 is 35.5 Å². The number of amides is 1. The molecule has 1 amide bonds. The van der Waals surface area contributed by atoms with Gasteiger partial charge in [0.05, 0.1) is 17.4 Å². The number of anilines is 1. The highest BCUT2D eigenvalue weighted by Crippen LogP contribution is 2.74. The van der Waals surface area contributed by atoms with Gasteiger partial charge in [-0.2, -0.15) is 13.2 Å². The number of hydrogen-bond donors (Lipinski definition) is 2. The van der Waals surface area contributed by atoms with Crippen LogP contribution in [0.5, 0.6) is 0 Å². The van der Waals surface area contributed by atoms with Gasteiger partial charge in [-0.25, -0.2) is 0 Å². The Labute approximate surface area is 142 Å². The van der Waals surface area contributed by atoms with E-state index in [1.54, 1.807) is 0 Å². The van der Waals surface area contributed by atoms with Crippen molar-refractivity contribution in [2.24, 2.45) is 29.1 Å². The van der Waals surface area contributed by atoms with Gasteiger partial charge in [-0.15, -0.1) is 0 Å². The van der Waals surface area contributed by atoms with Crippen LogP contribution in [-0.4, -0.2) is 17.0 Å². The number of carboxylic acids is 1. The summed E-state index contributed by atoms with van der Waals surface area (Å²) in [4.78, 5) is 24.5. The Morgan fingerprint density at radius 1 is 1.12 bits per heavy atom. The van der Waals surface area contributed by atoms with Gasteiger partial charge in [0.1, 0.15) is 0 Å². The molecule has 1 spiro atoms. The normalized spacial score (nSPS) is 32.0. The van der Waals surface area contributed by atoms with Crippen LogP contribution in [0.1, 0.15) is 31.2 Å². The molecule has 2 bridgehead atoms. The van der Waals surface area contributed by atoms with Crippen molar-refractivity contribution in [3.05, 3.63) is 29.8 Å². The fourth-order valence-corrected chi connectivity index (χ4v) is 5.34. The molecule has 2 N–H and O–H groups in total. The van der Waals surface area contributed by atoms with Crippen molar-refractivity contribution in [2.75, 3.05) is 5.32 Å². The predicted molar refractivity (Wildman–Crippen MR) is 82.6 cm³/mol. The molecule has 0 heterocycles. The highest BCUT2D eigenvalue weighted by Gasteiger charge is 2.71. The summed E-state index contributed by atoms with van der Waals surface area (Å²) in [6.45, 7) is 0. The topological polar surface area (TPSA) is 66.4 Å². The number of carboxylic acid groups (broad SMARTS) is 1. The van der Waals surface area contributed by atoms with E-state index >= 15 is 0 Å². The van der Waals surface area contributed by atoms with Crippen molar-refractivity contribution >= 4 is 17.6 Å². The van der Waals surface area contributed by atoms with Crippen molar-refractivity contribution in [3.8, 4) is 0 Å². The second-order valence-corrected chi connectivity index (χ2v) is 7.48. The summed E-state index contributed by atoms with van der Waals surface area (Å²) in [5.41, 5.74) is -0.804. The van der Waals surface area contributed by atoms with Crippen LogP contribution >= 0.6 is 0 Å². The number of carbonyl (C=O) groups is 2. The van der Waals surface area contributed by atoms with E-state index in [0.717, 1.165) is 37.8 Å². The van der Waals surface area contributed by atoms with Gasteiger partial charge in [0, 0.05) is 5.69 Å². The lowest BCUT2D eigenvalue weighted by Crippen LogP contribution is -2.37. The third-order valence-corrected chi connectivity index (χ3v) is 6.39. The molecule has 7 heteroatoms. The first-order chi connectivity index (χ1) is 11.7. The standard InChI is InChI=1S/C18H18F3NO3/c19-18(20,21)9-2-1-3-10(8-9)22-15(23)13-11-4-5-12(14(13)16(24)25)17(11)6-7-17/h1-3,8,11-14H,4-7H2,(H,22,23)(H,24,25). The van der Waals surface area contributed by atoms with Crippen molar-refractivity contribution in [2.45, 2.75) is 31.9 Å². The van der Waals surface area contributed by atoms with Gasteiger partial charge in [-0.05, 0) is 61.1 Å². The molecule has 3 aliphatic carbocycles. The third-order valence-electron chi connectivity index (χ3n) is 6.39. The van der Waals surface area contributed by atoms with Crippen LogP contribution in [0.3, 0.4) is 0 Å². The molecule has 3 fully saturated rings. The molecule has 4 nitrogen and oxygen atoms in total. The minimum atomic E-state index is -4.49. The SMILES string of the molecule is O=C(O)C1C(C(=O)Nc2cccc(C(F)(F)F)c2)C2CCC1C21CC1. The summed E-state index contributed by atoms with van der Waals surface area (Å²) in [6, 6.07) is 4.44. The number of rotatable bonds is 3. The van der Waals surface area contributed by atoms with Gasteiger partial charge in [0.15, 0.2) is 0 Å². The van der Waals surface area contributed by atoms with Crippen molar-refractivity contribution in [1.29, 1.82) is 0 Å². The van der Waals surface area contributed by atoms with E-state index in [4.69, 9.17) is 0 Å². The largest absolute Gasteiger partial charge is 0.481 e. The van der Waals surface area contributed by atoms with Crippen molar-refractivity contribution in [1.82, 2.24) is 0 Å². The zero-order valence-corrected chi connectivity index (χ0v) is 13.3. The molecule has 4 unspecified atom stereocenters. The number of benzene rings is 1. The van der Waals surface area contributed by atoms with Gasteiger partial charge < -0.3 is 10.4 Å². The average Bonchev–Trinajstić information content (AvgIpc) is 3.20. The fraction of sp³-hybridized carbons (Fsp3) is 0.556. The fourth-order valence-electron chi connectivity index (χ4n) is 5.34. The predicted octanol–water partition coefficient (Wildman–Crippen LogP) is 3.78. The zero-order valence-electron chi connectivity index (χ0n) is 13.3. The van der Waals surface area contributed by atoms with E-state index in [-0.39, 0.29) is 22.9 Å². The monoisotopic (exact) mass is 353 g/mol. The van der Waals surface area contributed by atoms with Gasteiger partial charge in [-0.1, -0.05) is 6.07 Å². The number of alkyl halides is 3. The summed E-state index contributed by atoms with van der Waals surface area (Å²) in [7, 11) is 0. The van der Waals surface area contributed by atoms with Crippen LogP contribution in [0.4, 0.5) is 18.9 Å². The van der Waals surface area contributed by atoms with Crippen molar-refractivity contribution < 1.29 is 27.9 Å². The maximum absolute atomic E-state index is 12.8. The van der Waals surface area contributed by atoms with Gasteiger partial charge >= 0.3 is 12.1 Å². The van der Waals surface area contributed by atoms with Gasteiger partial charge in [0.2, 0.25) is 5.91 Å². The second-order valence-electron chi connectivity index (χ2n) is 7.48. The zero-order chi connectivity index (χ0) is 18.0. The number of aliphatic carboxylic acids is 1. The van der Waals surface area contributed by atoms with E-state index in [1.165, 1.54) is 12.1 Å². The summed E-state index contributed by atoms with van der Waals surface area (Å²) >= 11 is 0. The van der Waals surface area contributed by atoms with Crippen LogP contribution in [0.25, 0.3) is 0 Å². The third kappa shape index (κ3) is 2.43. The minimum absolute atomic E-state index is 0.0150. The Hall–Kier alpha value is -2.05. The Bertz CT molecular complexity index is 741. The quantitative estimate of drug-likeness (QED) is 0.869. The number of halogens is 3. The molecule has 0 saturated heterocycles. The molecule has 0 aromatic heterocycles. The van der Waals surface area contributed by atoms with Crippen molar-refractivity contribution in [3.63, 3.8) is 0 Å². The summed E-state index contributed by atoms with van der Waals surface area (Å²) in [5, 5.41) is 12.1. The van der Waals surface area contributed by atoms with E-state index in [1.807, 2.05) is 0 Å². The maximum Gasteiger partial charge on any atom is 0.416 e. The molecule has 0 radical (unpaired) electrons. The maximum atomic E-state index is 12.8. The van der Waals surface area contributed by atoms with Gasteiger partial charge in [-0.3, -0.25) is 9.59 Å². The molecule has 0 aliphatic heterocycles. The number of nitrogens with one attached hydrogen (secondary N) is 1. The highest BCUT2D eigenvalue weighted by atomic mass is 19.4. The first kappa shape index (κ1) is 16.4. The van der Waals surface area contributed by atoms with Crippen LogP contribution < -0.4 is 5.32 Å². The minimum Gasteiger partial charge on any atom is -0.481 e. The lowest BCUT2D eigenvalue weighted by Gasteiger charge is -2.27. The molecule has 25 heavy (non-hydrogen) atoms. The van der Waals surface area contributed by atoms with E-state index in [2.05, 4.69) is 5.32 Å². The smallest absolute Gasteiger partial charge is 0.416 e. The Morgan fingerprint density at radius 2 is 1.76 bits per heavy atom. The summed E-state index contributed by atoms with van der Waals surface area (Å²) in [6.07, 6.45) is -0.919. The molecule has 4 rings (SSSR count). The Morgan fingerprint density at radius 3 is 2.32 bits per heavy atom. The van der Waals surface area contributed by atoms with Crippen LogP contribution in [0.2, 0.25) is 0 Å². The van der Waals surface area contributed by atoms with Gasteiger partial charge in [0.25, 0.3) is 0 Å². The Kier molecular flexibility index (Phi) is 3.43. The second kappa shape index (κ2) is 5.22. The molecule has 134 valence electrons. The van der Waals surface area contributed by atoms with Crippen LogP contribution in [0, 0.1) is 29.1 Å². The van der Waals surface area contributed by atoms with E-state index in [0.29, 0.717) is 0 Å². The molecular formula is C18H18F3NO3. The lowest BCUT2D eigenvalue weighted by atomic mass is 9.78. The molecule has 4 atom stereocenters. The molecule has 3 saturated carbocycles. The lowest BCUT2D eigenvalue weighted by molar-refractivity contribution is -0.148. The Balaban J connectivity index is 1.58. The number of hydrogen-bond acceptors (Lipinski definition) is 2. The summed E-state index contributed by atoms with van der Waals surface area (Å²) in [5.74, 6) is -2.77. The van der Waals surface area contributed by atoms with Crippen LogP contribution in [-0.2, 0) is 15.8 Å². The first-order valence-corrected chi connectivity index (χ1v) is 8.45. The first-order valence-electron chi connectivity index (χ1n) is 8.45. The average molecular weight is 353 g/mol. The van der Waals surface area contributed by atoms with E-state index in [9.17, 15) is 27.9 Å². The highest BCUT2D eigenvalue weighted by molar-refractivity contribution is 5.96. The molecule has 3 aliphatic rings. The molecular weight excluding hydrogens is 335 g/mol. The number of carbonyl (C=O) groups excluding carboxylic acids is 1. The van der Waals surface area contributed by atoms with Crippen LogP contribution in [0.15, 0.2) is 24.3 Å². The summed E-state index contributed by atoms with van der Waals surface area (Å²) < 4.78 is 38.4.